The summed E-state index contributed by atoms with van der Waals surface area (Å²) in [5, 5.41) is 0. The first-order chi connectivity index (χ1) is 14.6. The van der Waals surface area contributed by atoms with E-state index in [1.54, 1.807) is 12.1 Å². The van der Waals surface area contributed by atoms with Gasteiger partial charge in [-0.2, -0.15) is 0 Å². The summed E-state index contributed by atoms with van der Waals surface area (Å²) in [5.74, 6) is -1.63. The highest BCUT2D eigenvalue weighted by atomic mass is 16.5. The van der Waals surface area contributed by atoms with Crippen molar-refractivity contribution in [2.75, 3.05) is 13.7 Å². The summed E-state index contributed by atoms with van der Waals surface area (Å²) in [7, 11) is 1.28. The van der Waals surface area contributed by atoms with Gasteiger partial charge in [0.1, 0.15) is 11.3 Å². The molecule has 0 unspecified atom stereocenters. The summed E-state index contributed by atoms with van der Waals surface area (Å²) in [6, 6.07) is 21.9. The van der Waals surface area contributed by atoms with Gasteiger partial charge in [0.2, 0.25) is 0 Å². The van der Waals surface area contributed by atoms with Crippen molar-refractivity contribution in [1.82, 2.24) is 0 Å². The monoisotopic (exact) mass is 404 g/mol. The zero-order valence-electron chi connectivity index (χ0n) is 16.4. The largest absolute Gasteiger partial charge is 0.465 e. The molecule has 0 heterocycles. The summed E-state index contributed by atoms with van der Waals surface area (Å²) >= 11 is 0. The van der Waals surface area contributed by atoms with Crippen LogP contribution in [0.1, 0.15) is 36.6 Å². The minimum absolute atomic E-state index is 0.101. The standard InChI is InChI=1S/C24H20O6/c1-28-22(25)18-11-13-19(14-12-18)23(26)30-21-10-6-5-9-20(21)24(27)29-16-15-17-7-3-2-4-8-17/h2-14H,15-16H2,1H3. The number of rotatable bonds is 7. The molecule has 0 radical (unpaired) electrons. The first-order valence-electron chi connectivity index (χ1n) is 9.29. The molecule has 0 aliphatic rings. The smallest absolute Gasteiger partial charge is 0.343 e. The van der Waals surface area contributed by atoms with Crippen LogP contribution in [-0.2, 0) is 15.9 Å². The van der Waals surface area contributed by atoms with E-state index in [2.05, 4.69) is 4.74 Å². The SMILES string of the molecule is COC(=O)c1ccc(C(=O)Oc2ccccc2C(=O)OCCc2ccccc2)cc1. The Bertz CT molecular complexity index is 1030. The van der Waals surface area contributed by atoms with E-state index < -0.39 is 17.9 Å². The van der Waals surface area contributed by atoms with Gasteiger partial charge in [-0.25, -0.2) is 14.4 Å². The predicted molar refractivity (Wildman–Crippen MR) is 110 cm³/mol. The molecule has 0 N–H and O–H groups in total. The maximum atomic E-state index is 12.5. The van der Waals surface area contributed by atoms with E-state index >= 15 is 0 Å². The lowest BCUT2D eigenvalue weighted by Crippen LogP contribution is -2.14. The summed E-state index contributed by atoms with van der Waals surface area (Å²) in [4.78, 5) is 36.4. The van der Waals surface area contributed by atoms with E-state index in [9.17, 15) is 14.4 Å². The molecule has 0 aliphatic carbocycles. The molecule has 0 atom stereocenters. The second kappa shape index (κ2) is 10.0. The predicted octanol–water partition coefficient (Wildman–Crippen LogP) is 4.09. The van der Waals surface area contributed by atoms with Gasteiger partial charge in [0, 0.05) is 6.42 Å². The number of methoxy groups -OCH3 is 1. The van der Waals surface area contributed by atoms with Crippen LogP contribution in [0.15, 0.2) is 78.9 Å². The average Bonchev–Trinajstić information content (AvgIpc) is 2.79. The minimum atomic E-state index is -0.657. The fourth-order valence-electron chi connectivity index (χ4n) is 2.73. The molecule has 0 aromatic heterocycles. The van der Waals surface area contributed by atoms with Crippen molar-refractivity contribution < 1.29 is 28.6 Å². The fraction of sp³-hybridized carbons (Fsp3) is 0.125. The Balaban J connectivity index is 1.64. The van der Waals surface area contributed by atoms with Crippen LogP contribution in [0.3, 0.4) is 0 Å². The molecule has 0 aliphatic heterocycles. The van der Waals surface area contributed by atoms with E-state index in [0.717, 1.165) is 5.56 Å². The van der Waals surface area contributed by atoms with Gasteiger partial charge in [-0.1, -0.05) is 42.5 Å². The molecule has 3 rings (SSSR count). The second-order valence-corrected chi connectivity index (χ2v) is 6.33. The highest BCUT2D eigenvalue weighted by molar-refractivity contribution is 5.97. The van der Waals surface area contributed by atoms with Gasteiger partial charge < -0.3 is 14.2 Å². The van der Waals surface area contributed by atoms with Crippen LogP contribution in [-0.4, -0.2) is 31.6 Å². The zero-order chi connectivity index (χ0) is 21.3. The quantitative estimate of drug-likeness (QED) is 0.436. The highest BCUT2D eigenvalue weighted by Gasteiger charge is 2.18. The molecule has 6 heteroatoms. The van der Waals surface area contributed by atoms with Crippen LogP contribution >= 0.6 is 0 Å². The van der Waals surface area contributed by atoms with Crippen LogP contribution in [0.5, 0.6) is 5.75 Å². The Kier molecular flexibility index (Phi) is 6.95. The third-order valence-electron chi connectivity index (χ3n) is 4.32. The Morgan fingerprint density at radius 1 is 0.700 bits per heavy atom. The van der Waals surface area contributed by atoms with Gasteiger partial charge in [-0.3, -0.25) is 0 Å². The maximum absolute atomic E-state index is 12.5. The molecule has 0 spiro atoms. The second-order valence-electron chi connectivity index (χ2n) is 6.33. The van der Waals surface area contributed by atoms with E-state index in [-0.39, 0.29) is 23.5 Å². The lowest BCUT2D eigenvalue weighted by atomic mass is 10.1. The third-order valence-corrected chi connectivity index (χ3v) is 4.32. The van der Waals surface area contributed by atoms with Gasteiger partial charge in [0.05, 0.1) is 24.8 Å². The first kappa shape index (κ1) is 20.8. The lowest BCUT2D eigenvalue weighted by molar-refractivity contribution is 0.0502. The summed E-state index contributed by atoms with van der Waals surface area (Å²) in [6.45, 7) is 0.208. The van der Waals surface area contributed by atoms with Crippen molar-refractivity contribution in [2.24, 2.45) is 0 Å². The molecule has 3 aromatic rings. The zero-order valence-corrected chi connectivity index (χ0v) is 16.4. The minimum Gasteiger partial charge on any atom is -0.465 e. The van der Waals surface area contributed by atoms with Gasteiger partial charge in [-0.15, -0.1) is 0 Å². The molecule has 3 aromatic carbocycles. The number of ether oxygens (including phenoxy) is 3. The van der Waals surface area contributed by atoms with Crippen LogP contribution in [0, 0.1) is 0 Å². The van der Waals surface area contributed by atoms with Gasteiger partial charge in [0.15, 0.2) is 0 Å². The maximum Gasteiger partial charge on any atom is 0.343 e. The Morgan fingerprint density at radius 3 is 1.97 bits per heavy atom. The summed E-state index contributed by atoms with van der Waals surface area (Å²) < 4.78 is 15.3. The number of hydrogen-bond donors (Lipinski definition) is 0. The average molecular weight is 404 g/mol. The molecule has 30 heavy (non-hydrogen) atoms. The van der Waals surface area contributed by atoms with Crippen molar-refractivity contribution in [3.63, 3.8) is 0 Å². The molecule has 6 nitrogen and oxygen atoms in total. The van der Waals surface area contributed by atoms with E-state index in [4.69, 9.17) is 9.47 Å². The molecular formula is C24H20O6. The summed E-state index contributed by atoms with van der Waals surface area (Å²) in [5.41, 5.74) is 1.76. The van der Waals surface area contributed by atoms with Gasteiger partial charge in [-0.05, 0) is 42.0 Å². The molecule has 0 fully saturated rings. The van der Waals surface area contributed by atoms with Crippen molar-refractivity contribution in [1.29, 1.82) is 0 Å². The van der Waals surface area contributed by atoms with Crippen molar-refractivity contribution in [3.05, 3.63) is 101 Å². The van der Waals surface area contributed by atoms with Crippen LogP contribution in [0.2, 0.25) is 0 Å². The normalized spacial score (nSPS) is 10.2. The van der Waals surface area contributed by atoms with Crippen molar-refractivity contribution >= 4 is 17.9 Å². The van der Waals surface area contributed by atoms with Crippen LogP contribution < -0.4 is 4.74 Å². The molecule has 0 saturated carbocycles. The molecule has 0 saturated heterocycles. The highest BCUT2D eigenvalue weighted by Crippen LogP contribution is 2.21. The van der Waals surface area contributed by atoms with Gasteiger partial charge >= 0.3 is 17.9 Å². The Hall–Kier alpha value is -3.93. The molecule has 152 valence electrons. The van der Waals surface area contributed by atoms with Crippen molar-refractivity contribution in [2.45, 2.75) is 6.42 Å². The Labute approximate surface area is 174 Å². The number of benzene rings is 3. The number of para-hydroxylation sites is 1. The lowest BCUT2D eigenvalue weighted by Gasteiger charge is -2.10. The number of hydrogen-bond acceptors (Lipinski definition) is 6. The van der Waals surface area contributed by atoms with E-state index in [0.29, 0.717) is 12.0 Å². The third kappa shape index (κ3) is 5.32. The van der Waals surface area contributed by atoms with Gasteiger partial charge in [0.25, 0.3) is 0 Å². The van der Waals surface area contributed by atoms with Crippen LogP contribution in [0.4, 0.5) is 0 Å². The van der Waals surface area contributed by atoms with E-state index in [1.165, 1.54) is 43.5 Å². The van der Waals surface area contributed by atoms with E-state index in [1.807, 2.05) is 30.3 Å². The first-order valence-corrected chi connectivity index (χ1v) is 9.29. The van der Waals surface area contributed by atoms with Crippen molar-refractivity contribution in [3.8, 4) is 5.75 Å². The molecular weight excluding hydrogens is 384 g/mol. The van der Waals surface area contributed by atoms with Crippen LogP contribution in [0.25, 0.3) is 0 Å². The number of carbonyl (C=O) groups excluding carboxylic acids is 3. The fourth-order valence-corrected chi connectivity index (χ4v) is 2.73. The number of esters is 3. The Morgan fingerprint density at radius 2 is 1.30 bits per heavy atom. The summed E-state index contributed by atoms with van der Waals surface area (Å²) in [6.07, 6.45) is 0.584. The number of carbonyl (C=O) groups is 3. The molecule has 0 amide bonds. The topological polar surface area (TPSA) is 78.9 Å². The molecule has 0 bridgehead atoms.